The van der Waals surface area contributed by atoms with Crippen molar-refractivity contribution < 1.29 is 9.53 Å². The predicted octanol–water partition coefficient (Wildman–Crippen LogP) is 2.64. The third kappa shape index (κ3) is 4.05. The number of carbonyl (C=O) groups excluding carboxylic acids is 1. The molecule has 2 rings (SSSR count). The van der Waals surface area contributed by atoms with Gasteiger partial charge in [0.1, 0.15) is 0 Å². The molecule has 0 saturated carbocycles. The highest BCUT2D eigenvalue weighted by molar-refractivity contribution is 5.72. The molecule has 1 aromatic carbocycles. The van der Waals surface area contributed by atoms with Gasteiger partial charge in [0.05, 0.1) is 24.2 Å². The molecule has 0 amide bonds. The zero-order valence-electron chi connectivity index (χ0n) is 12.8. The summed E-state index contributed by atoms with van der Waals surface area (Å²) in [5.41, 5.74) is 3.05. The van der Waals surface area contributed by atoms with Crippen LogP contribution in [0.25, 0.3) is 0 Å². The van der Waals surface area contributed by atoms with Gasteiger partial charge in [-0.05, 0) is 56.5 Å². The van der Waals surface area contributed by atoms with Gasteiger partial charge in [0.2, 0.25) is 0 Å². The van der Waals surface area contributed by atoms with E-state index in [0.29, 0.717) is 12.2 Å². The molecule has 112 valence electrons. The number of aryl methyl sites for hydroxylation is 1. The smallest absolute Gasteiger partial charge is 0.310 e. The molecule has 1 saturated heterocycles. The lowest BCUT2D eigenvalue weighted by Crippen LogP contribution is -2.39. The van der Waals surface area contributed by atoms with Crippen molar-refractivity contribution in [2.24, 2.45) is 5.92 Å². The third-order valence-corrected chi connectivity index (χ3v) is 3.99. The van der Waals surface area contributed by atoms with Gasteiger partial charge in [-0.2, -0.15) is 5.26 Å². The average molecular weight is 286 g/mol. The summed E-state index contributed by atoms with van der Waals surface area (Å²) >= 11 is 0. The highest BCUT2D eigenvalue weighted by Gasteiger charge is 2.26. The Kier molecular flexibility index (Phi) is 5.35. The fourth-order valence-electron chi connectivity index (χ4n) is 2.84. The van der Waals surface area contributed by atoms with Crippen LogP contribution >= 0.6 is 0 Å². The first-order valence-corrected chi connectivity index (χ1v) is 7.52. The van der Waals surface area contributed by atoms with Gasteiger partial charge in [-0.25, -0.2) is 0 Å². The molecule has 1 aliphatic rings. The molecule has 4 nitrogen and oxygen atoms in total. The minimum absolute atomic E-state index is 0.00242. The number of piperidine rings is 1. The Hall–Kier alpha value is -1.86. The highest BCUT2D eigenvalue weighted by Crippen LogP contribution is 2.21. The second-order valence-electron chi connectivity index (χ2n) is 5.58. The fraction of sp³-hybridized carbons (Fsp3) is 0.529. The van der Waals surface area contributed by atoms with E-state index in [1.165, 1.54) is 5.56 Å². The summed E-state index contributed by atoms with van der Waals surface area (Å²) in [5.74, 6) is -0.0730. The van der Waals surface area contributed by atoms with E-state index < -0.39 is 0 Å². The van der Waals surface area contributed by atoms with Crippen molar-refractivity contribution in [3.63, 3.8) is 0 Å². The van der Waals surface area contributed by atoms with Crippen LogP contribution in [0.3, 0.4) is 0 Å². The lowest BCUT2D eigenvalue weighted by atomic mass is 9.97. The number of rotatable bonds is 4. The molecule has 1 aromatic rings. The number of carbonyl (C=O) groups is 1. The number of benzene rings is 1. The largest absolute Gasteiger partial charge is 0.466 e. The Labute approximate surface area is 126 Å². The van der Waals surface area contributed by atoms with E-state index in [0.717, 1.165) is 38.0 Å². The Balaban J connectivity index is 1.99. The van der Waals surface area contributed by atoms with Crippen molar-refractivity contribution in [1.29, 1.82) is 5.26 Å². The lowest BCUT2D eigenvalue weighted by molar-refractivity contribution is -0.150. The van der Waals surface area contributed by atoms with Gasteiger partial charge < -0.3 is 4.74 Å². The van der Waals surface area contributed by atoms with Crippen molar-refractivity contribution in [1.82, 2.24) is 4.90 Å². The predicted molar refractivity (Wildman–Crippen MR) is 80.5 cm³/mol. The van der Waals surface area contributed by atoms with Gasteiger partial charge in [0.25, 0.3) is 0 Å². The summed E-state index contributed by atoms with van der Waals surface area (Å²) in [7, 11) is 0. The fourth-order valence-corrected chi connectivity index (χ4v) is 2.84. The van der Waals surface area contributed by atoms with Crippen LogP contribution in [-0.4, -0.2) is 30.6 Å². The van der Waals surface area contributed by atoms with Gasteiger partial charge in [-0.1, -0.05) is 6.07 Å². The van der Waals surface area contributed by atoms with E-state index in [4.69, 9.17) is 10.00 Å². The monoisotopic (exact) mass is 286 g/mol. The number of likely N-dealkylation sites (tertiary alicyclic amines) is 1. The molecule has 1 fully saturated rings. The van der Waals surface area contributed by atoms with E-state index in [-0.39, 0.29) is 11.9 Å². The molecular formula is C17H22N2O2. The molecule has 1 unspecified atom stereocenters. The number of nitriles is 1. The molecule has 0 radical (unpaired) electrons. The van der Waals surface area contributed by atoms with Crippen molar-refractivity contribution >= 4 is 5.97 Å². The van der Waals surface area contributed by atoms with Crippen molar-refractivity contribution in [3.05, 3.63) is 34.9 Å². The highest BCUT2D eigenvalue weighted by atomic mass is 16.5. The number of esters is 1. The second-order valence-corrected chi connectivity index (χ2v) is 5.58. The van der Waals surface area contributed by atoms with Crippen molar-refractivity contribution in [2.45, 2.75) is 33.2 Å². The Morgan fingerprint density at radius 3 is 3.00 bits per heavy atom. The zero-order valence-corrected chi connectivity index (χ0v) is 12.8. The number of ether oxygens (including phenoxy) is 1. The van der Waals surface area contributed by atoms with Crippen LogP contribution in [0.2, 0.25) is 0 Å². The van der Waals surface area contributed by atoms with Crippen molar-refractivity contribution in [3.8, 4) is 6.07 Å². The maximum atomic E-state index is 11.9. The molecule has 0 N–H and O–H groups in total. The summed E-state index contributed by atoms with van der Waals surface area (Å²) in [6.07, 6.45) is 1.94. The molecule has 0 spiro atoms. The first-order chi connectivity index (χ1) is 10.1. The van der Waals surface area contributed by atoms with Crippen LogP contribution in [0, 0.1) is 24.2 Å². The van der Waals surface area contributed by atoms with Crippen LogP contribution in [0.15, 0.2) is 18.2 Å². The Bertz CT molecular complexity index is 548. The summed E-state index contributed by atoms with van der Waals surface area (Å²) in [6.45, 7) is 6.92. The van der Waals surface area contributed by atoms with Crippen LogP contribution in [0.4, 0.5) is 0 Å². The topological polar surface area (TPSA) is 53.3 Å². The van der Waals surface area contributed by atoms with E-state index in [1.54, 1.807) is 0 Å². The minimum Gasteiger partial charge on any atom is -0.466 e. The van der Waals surface area contributed by atoms with Gasteiger partial charge in [0.15, 0.2) is 0 Å². The van der Waals surface area contributed by atoms with E-state index >= 15 is 0 Å². The van der Waals surface area contributed by atoms with Gasteiger partial charge in [0, 0.05) is 13.1 Å². The summed E-state index contributed by atoms with van der Waals surface area (Å²) in [6, 6.07) is 7.95. The molecule has 0 aromatic heterocycles. The Morgan fingerprint density at radius 1 is 1.52 bits per heavy atom. The lowest BCUT2D eigenvalue weighted by Gasteiger charge is -2.31. The average Bonchev–Trinajstić information content (AvgIpc) is 2.50. The zero-order chi connectivity index (χ0) is 15.2. The van der Waals surface area contributed by atoms with Gasteiger partial charge >= 0.3 is 5.97 Å². The van der Waals surface area contributed by atoms with E-state index in [1.807, 2.05) is 32.0 Å². The molecule has 0 bridgehead atoms. The third-order valence-electron chi connectivity index (χ3n) is 3.99. The molecule has 4 heteroatoms. The van der Waals surface area contributed by atoms with Crippen LogP contribution in [0.1, 0.15) is 36.5 Å². The standard InChI is InChI=1S/C17H22N2O2/c1-3-21-17(20)16-5-4-8-19(12-16)11-15-7-6-14(10-18)9-13(15)2/h6-7,9,16H,3-5,8,11-12H2,1-2H3. The Morgan fingerprint density at radius 2 is 2.33 bits per heavy atom. The number of nitrogens with zero attached hydrogens (tertiary/aromatic N) is 2. The van der Waals surface area contributed by atoms with E-state index in [2.05, 4.69) is 11.0 Å². The van der Waals surface area contributed by atoms with Gasteiger partial charge in [-0.3, -0.25) is 9.69 Å². The number of hydrogen-bond acceptors (Lipinski definition) is 4. The first-order valence-electron chi connectivity index (χ1n) is 7.52. The van der Waals surface area contributed by atoms with Crippen LogP contribution in [-0.2, 0) is 16.1 Å². The summed E-state index contributed by atoms with van der Waals surface area (Å²) in [4.78, 5) is 14.2. The molecule has 1 aliphatic heterocycles. The SMILES string of the molecule is CCOC(=O)C1CCCN(Cc2ccc(C#N)cc2C)C1. The molecule has 21 heavy (non-hydrogen) atoms. The molecular weight excluding hydrogens is 264 g/mol. The molecule has 1 heterocycles. The first kappa shape index (κ1) is 15.5. The summed E-state index contributed by atoms with van der Waals surface area (Å²) < 4.78 is 5.13. The molecule has 0 aliphatic carbocycles. The quantitative estimate of drug-likeness (QED) is 0.798. The maximum absolute atomic E-state index is 11.9. The molecule has 1 atom stereocenters. The van der Waals surface area contributed by atoms with Gasteiger partial charge in [-0.15, -0.1) is 0 Å². The van der Waals surface area contributed by atoms with Crippen molar-refractivity contribution in [2.75, 3.05) is 19.7 Å². The van der Waals surface area contributed by atoms with Crippen LogP contribution < -0.4 is 0 Å². The summed E-state index contributed by atoms with van der Waals surface area (Å²) in [5, 5.41) is 8.91. The van der Waals surface area contributed by atoms with E-state index in [9.17, 15) is 4.79 Å². The normalized spacial score (nSPS) is 19.0. The minimum atomic E-state index is -0.0706. The maximum Gasteiger partial charge on any atom is 0.310 e. The van der Waals surface area contributed by atoms with Crippen LogP contribution in [0.5, 0.6) is 0 Å². The second kappa shape index (κ2) is 7.24. The number of hydrogen-bond donors (Lipinski definition) is 0.